The first kappa shape index (κ1) is 15.2. The third kappa shape index (κ3) is 3.69. The van der Waals surface area contributed by atoms with Crippen LogP contribution in [-0.2, 0) is 0 Å². The van der Waals surface area contributed by atoms with Crippen molar-refractivity contribution in [3.63, 3.8) is 0 Å². The molecule has 2 amide bonds. The maximum absolute atomic E-state index is 13.1. The van der Waals surface area contributed by atoms with E-state index in [4.69, 9.17) is 4.74 Å². The third-order valence-electron chi connectivity index (χ3n) is 2.75. The number of hydrogen-bond acceptors (Lipinski definition) is 4. The monoisotopic (exact) mass is 305 g/mol. The Morgan fingerprint density at radius 3 is 2.45 bits per heavy atom. The van der Waals surface area contributed by atoms with E-state index in [9.17, 15) is 19.3 Å². The number of nitrogens with one attached hydrogen (secondary N) is 2. The van der Waals surface area contributed by atoms with Gasteiger partial charge in [0.1, 0.15) is 11.6 Å². The van der Waals surface area contributed by atoms with Crippen molar-refractivity contribution in [2.45, 2.75) is 0 Å². The molecule has 0 spiro atoms. The molecule has 2 aromatic carbocycles. The second-order valence-electron chi connectivity index (χ2n) is 4.23. The minimum atomic E-state index is -0.584. The van der Waals surface area contributed by atoms with Gasteiger partial charge in [0.25, 0.3) is 5.69 Å². The second kappa shape index (κ2) is 6.53. The first-order valence-corrected chi connectivity index (χ1v) is 6.15. The maximum Gasteiger partial charge on any atom is 0.323 e. The quantitative estimate of drug-likeness (QED) is 0.668. The molecule has 0 saturated heterocycles. The van der Waals surface area contributed by atoms with E-state index < -0.39 is 16.8 Å². The molecule has 0 radical (unpaired) electrons. The highest BCUT2D eigenvalue weighted by molar-refractivity contribution is 6.00. The number of nitro groups is 1. The van der Waals surface area contributed by atoms with Gasteiger partial charge in [-0.1, -0.05) is 0 Å². The lowest BCUT2D eigenvalue weighted by molar-refractivity contribution is -0.384. The van der Waals surface area contributed by atoms with E-state index in [2.05, 4.69) is 10.6 Å². The maximum atomic E-state index is 13.1. The number of ether oxygens (including phenoxy) is 1. The van der Waals surface area contributed by atoms with Crippen LogP contribution in [0, 0.1) is 15.9 Å². The van der Waals surface area contributed by atoms with Gasteiger partial charge >= 0.3 is 6.03 Å². The van der Waals surface area contributed by atoms with Gasteiger partial charge in [0, 0.05) is 23.9 Å². The highest BCUT2D eigenvalue weighted by atomic mass is 19.1. The lowest BCUT2D eigenvalue weighted by Crippen LogP contribution is -2.19. The second-order valence-corrected chi connectivity index (χ2v) is 4.23. The highest BCUT2D eigenvalue weighted by Crippen LogP contribution is 2.25. The normalized spacial score (nSPS) is 9.91. The van der Waals surface area contributed by atoms with E-state index in [1.165, 1.54) is 43.5 Å². The number of rotatable bonds is 4. The zero-order valence-electron chi connectivity index (χ0n) is 11.5. The van der Waals surface area contributed by atoms with Crippen molar-refractivity contribution in [1.82, 2.24) is 0 Å². The number of hydrogen-bond donors (Lipinski definition) is 2. The molecule has 7 nitrogen and oxygen atoms in total. The fraction of sp³-hybridized carbons (Fsp3) is 0.0714. The number of carbonyl (C=O) groups excluding carboxylic acids is 1. The summed E-state index contributed by atoms with van der Waals surface area (Å²) < 4.78 is 18.0. The number of anilines is 2. The number of benzene rings is 2. The Kier molecular flexibility index (Phi) is 4.52. The predicted octanol–water partition coefficient (Wildman–Crippen LogP) is 3.39. The largest absolute Gasteiger partial charge is 0.494 e. The third-order valence-corrected chi connectivity index (χ3v) is 2.75. The number of nitrogens with zero attached hydrogens (tertiary/aromatic N) is 1. The van der Waals surface area contributed by atoms with Crippen molar-refractivity contribution in [2.24, 2.45) is 0 Å². The van der Waals surface area contributed by atoms with Gasteiger partial charge < -0.3 is 15.4 Å². The highest BCUT2D eigenvalue weighted by Gasteiger charge is 2.10. The van der Waals surface area contributed by atoms with Crippen LogP contribution in [0.15, 0.2) is 42.5 Å². The molecule has 0 bridgehead atoms. The van der Waals surface area contributed by atoms with Gasteiger partial charge in [-0.3, -0.25) is 10.1 Å². The summed E-state index contributed by atoms with van der Waals surface area (Å²) in [5, 5.41) is 15.5. The number of methoxy groups -OCH3 is 1. The smallest absolute Gasteiger partial charge is 0.323 e. The summed E-state index contributed by atoms with van der Waals surface area (Å²) in [5.41, 5.74) is 0.596. The lowest BCUT2D eigenvalue weighted by Gasteiger charge is -2.11. The van der Waals surface area contributed by atoms with Crippen LogP contribution in [0.4, 0.5) is 26.2 Å². The molecule has 22 heavy (non-hydrogen) atoms. The Balaban J connectivity index is 2.05. The van der Waals surface area contributed by atoms with Crippen LogP contribution < -0.4 is 15.4 Å². The lowest BCUT2D eigenvalue weighted by atomic mass is 10.2. The Hall–Kier alpha value is -3.16. The summed E-state index contributed by atoms with van der Waals surface area (Å²) in [7, 11) is 1.36. The van der Waals surface area contributed by atoms with Crippen LogP contribution in [0.3, 0.4) is 0 Å². The minimum Gasteiger partial charge on any atom is -0.494 e. The van der Waals surface area contributed by atoms with Crippen molar-refractivity contribution < 1.29 is 18.8 Å². The van der Waals surface area contributed by atoms with Crippen molar-refractivity contribution in [3.8, 4) is 5.75 Å². The Morgan fingerprint density at radius 2 is 1.86 bits per heavy atom. The topological polar surface area (TPSA) is 93.5 Å². The van der Waals surface area contributed by atoms with Crippen molar-refractivity contribution in [1.29, 1.82) is 0 Å². The SMILES string of the molecule is COc1cc(F)ccc1NC(=O)Nc1ccc([N+](=O)[O-])cc1. The van der Waals surface area contributed by atoms with Gasteiger partial charge in [0.15, 0.2) is 0 Å². The van der Waals surface area contributed by atoms with Crippen LogP contribution in [0.1, 0.15) is 0 Å². The summed E-state index contributed by atoms with van der Waals surface area (Å²) >= 11 is 0. The molecular weight excluding hydrogens is 293 g/mol. The molecular formula is C14H12FN3O4. The van der Waals surface area contributed by atoms with Crippen molar-refractivity contribution >= 4 is 23.1 Å². The Bertz CT molecular complexity index is 704. The van der Waals surface area contributed by atoms with E-state index in [1.807, 2.05) is 0 Å². The number of amides is 2. The summed E-state index contributed by atoms with van der Waals surface area (Å²) in [5.74, 6) is -0.308. The van der Waals surface area contributed by atoms with Crippen LogP contribution in [0.2, 0.25) is 0 Å². The molecule has 0 aliphatic rings. The van der Waals surface area contributed by atoms with E-state index >= 15 is 0 Å². The molecule has 114 valence electrons. The van der Waals surface area contributed by atoms with Gasteiger partial charge in [0.05, 0.1) is 17.7 Å². The van der Waals surface area contributed by atoms with Crippen LogP contribution in [-0.4, -0.2) is 18.1 Å². The standard InChI is InChI=1S/C14H12FN3O4/c1-22-13-8-9(15)2-7-12(13)17-14(19)16-10-3-5-11(6-4-10)18(20)21/h2-8H,1H3,(H2,16,17,19). The molecule has 2 rings (SSSR count). The summed E-state index contributed by atoms with van der Waals surface area (Å²) in [6, 6.07) is 8.45. The summed E-state index contributed by atoms with van der Waals surface area (Å²) in [6.07, 6.45) is 0. The molecule has 2 aromatic rings. The molecule has 0 heterocycles. The zero-order valence-corrected chi connectivity index (χ0v) is 11.5. The van der Waals surface area contributed by atoms with Crippen LogP contribution in [0.5, 0.6) is 5.75 Å². The predicted molar refractivity (Wildman–Crippen MR) is 78.7 cm³/mol. The minimum absolute atomic E-state index is 0.0776. The summed E-state index contributed by atoms with van der Waals surface area (Å²) in [6.45, 7) is 0. The van der Waals surface area contributed by atoms with Crippen LogP contribution >= 0.6 is 0 Å². The van der Waals surface area contributed by atoms with Crippen molar-refractivity contribution in [2.75, 3.05) is 17.7 Å². The van der Waals surface area contributed by atoms with Gasteiger partial charge in [-0.25, -0.2) is 9.18 Å². The number of halogens is 1. The molecule has 0 aliphatic carbocycles. The van der Waals surface area contributed by atoms with Gasteiger partial charge in [0.2, 0.25) is 0 Å². The fourth-order valence-corrected chi connectivity index (χ4v) is 1.72. The van der Waals surface area contributed by atoms with E-state index in [1.54, 1.807) is 0 Å². The molecule has 8 heteroatoms. The average molecular weight is 305 g/mol. The average Bonchev–Trinajstić information content (AvgIpc) is 2.49. The number of non-ortho nitro benzene ring substituents is 1. The molecule has 0 unspecified atom stereocenters. The zero-order chi connectivity index (χ0) is 16.1. The summed E-state index contributed by atoms with van der Waals surface area (Å²) in [4.78, 5) is 21.8. The van der Waals surface area contributed by atoms with E-state index in [0.717, 1.165) is 6.07 Å². The molecule has 0 fully saturated rings. The number of nitro benzene ring substituents is 1. The van der Waals surface area contributed by atoms with Gasteiger partial charge in [-0.2, -0.15) is 0 Å². The molecule has 2 N–H and O–H groups in total. The molecule has 0 aliphatic heterocycles. The van der Waals surface area contributed by atoms with Crippen LogP contribution in [0.25, 0.3) is 0 Å². The number of urea groups is 1. The molecule has 0 aromatic heterocycles. The number of carbonyl (C=O) groups is 1. The Morgan fingerprint density at radius 1 is 1.18 bits per heavy atom. The van der Waals surface area contributed by atoms with E-state index in [-0.39, 0.29) is 11.4 Å². The van der Waals surface area contributed by atoms with Crippen molar-refractivity contribution in [3.05, 3.63) is 58.4 Å². The van der Waals surface area contributed by atoms with E-state index in [0.29, 0.717) is 11.4 Å². The molecule has 0 saturated carbocycles. The fourth-order valence-electron chi connectivity index (χ4n) is 1.72. The first-order valence-electron chi connectivity index (χ1n) is 6.15. The Labute approximate surface area is 124 Å². The van der Waals surface area contributed by atoms with Gasteiger partial charge in [-0.15, -0.1) is 0 Å². The van der Waals surface area contributed by atoms with Gasteiger partial charge in [-0.05, 0) is 24.3 Å². The first-order chi connectivity index (χ1) is 10.5. The molecule has 0 atom stereocenters.